The third-order valence-electron chi connectivity index (χ3n) is 9.11. The zero-order valence-electron chi connectivity index (χ0n) is 30.4. The maximum atomic E-state index is 14.7. The number of unbranched alkanes of at least 4 members (excludes halogenated alkanes) is 2. The number of thioether (sulfide) groups is 1. The van der Waals surface area contributed by atoms with Crippen molar-refractivity contribution in [1.29, 1.82) is 0 Å². The molecule has 11 nitrogen and oxygen atoms in total. The molecule has 2 aromatic carbocycles. The number of hydrogen-bond acceptors (Lipinski definition) is 9. The van der Waals surface area contributed by atoms with E-state index in [1.54, 1.807) is 23.9 Å². The Balaban J connectivity index is 1.79. The van der Waals surface area contributed by atoms with E-state index < -0.39 is 39.6 Å². The number of fused-ring (bicyclic) bond motifs is 1. The van der Waals surface area contributed by atoms with Crippen LogP contribution in [0.2, 0.25) is 0 Å². The first kappa shape index (κ1) is 39.4. The number of nitrogens with zero attached hydrogens (tertiary/aromatic N) is 3. The minimum absolute atomic E-state index is 0.0353. The fraction of sp³-hybridized carbons (Fsp3) is 0.568. The Hall–Kier alpha value is -3.42. The highest BCUT2D eigenvalue weighted by Gasteiger charge is 2.55. The molecule has 0 aromatic heterocycles. The van der Waals surface area contributed by atoms with Gasteiger partial charge in [0.05, 0.1) is 11.4 Å². The highest BCUT2D eigenvalue weighted by atomic mass is 32.2. The van der Waals surface area contributed by atoms with E-state index in [0.29, 0.717) is 23.1 Å². The number of imide groups is 1. The second-order valence-corrected chi connectivity index (χ2v) is 16.3. The lowest BCUT2D eigenvalue weighted by Gasteiger charge is -2.35. The Morgan fingerprint density at radius 2 is 1.70 bits per heavy atom. The summed E-state index contributed by atoms with van der Waals surface area (Å²) < 4.78 is 40.6. The van der Waals surface area contributed by atoms with Crippen molar-refractivity contribution in [3.8, 4) is 0 Å². The number of para-hydroxylation sites is 1. The number of amidine groups is 1. The van der Waals surface area contributed by atoms with Gasteiger partial charge in [0.15, 0.2) is 17.5 Å². The van der Waals surface area contributed by atoms with E-state index >= 15 is 0 Å². The summed E-state index contributed by atoms with van der Waals surface area (Å²) in [6.07, 6.45) is 5.47. The van der Waals surface area contributed by atoms with Gasteiger partial charge in [-0.2, -0.15) is 0 Å². The summed E-state index contributed by atoms with van der Waals surface area (Å²) >= 11 is 1.65. The number of anilines is 1. The molecule has 13 heteroatoms. The summed E-state index contributed by atoms with van der Waals surface area (Å²) in [6.45, 7) is 13.9. The lowest BCUT2D eigenvalue weighted by molar-refractivity contribution is -0.137. The van der Waals surface area contributed by atoms with Gasteiger partial charge in [-0.25, -0.2) is 23.1 Å². The number of ether oxygens (including phenoxy) is 2. The number of carbonyl (C=O) groups is 3. The monoisotopic (exact) mass is 728 g/mol. The first-order valence-corrected chi connectivity index (χ1v) is 20.1. The largest absolute Gasteiger partial charge is 0.433 e. The lowest BCUT2D eigenvalue weighted by Crippen LogP contribution is -2.59. The summed E-state index contributed by atoms with van der Waals surface area (Å²) in [6, 6.07) is 8.36. The molecule has 1 N–H and O–H groups in total. The number of aliphatic imine (C=N–C) groups is 1. The topological polar surface area (TPSA) is 135 Å². The van der Waals surface area contributed by atoms with Gasteiger partial charge in [0.25, 0.3) is 21.8 Å². The van der Waals surface area contributed by atoms with Gasteiger partial charge in [0.1, 0.15) is 4.90 Å². The SMILES string of the molecule is CCCCOCCCN1C(C(C(=O)Nc2cc(C)c(C)cc2SCC(CC)CCCC)N2C(=O)OC(C)(C)C2=O)=Nc2ccccc2S1(=O)=O. The molecule has 274 valence electrons. The molecule has 0 aliphatic carbocycles. The van der Waals surface area contributed by atoms with Crippen LogP contribution in [0.15, 0.2) is 51.2 Å². The Kier molecular flexibility index (Phi) is 13.5. The fourth-order valence-corrected chi connectivity index (χ4v) is 8.82. The van der Waals surface area contributed by atoms with Gasteiger partial charge in [-0.3, -0.25) is 13.9 Å². The maximum Gasteiger partial charge on any atom is 0.418 e. The molecule has 2 atom stereocenters. The van der Waals surface area contributed by atoms with E-state index in [9.17, 15) is 22.8 Å². The van der Waals surface area contributed by atoms with Crippen LogP contribution in [0.4, 0.5) is 16.2 Å². The second-order valence-electron chi connectivity index (χ2n) is 13.4. The summed E-state index contributed by atoms with van der Waals surface area (Å²) in [5, 5.41) is 2.98. The van der Waals surface area contributed by atoms with Gasteiger partial charge in [-0.05, 0) is 88.3 Å². The van der Waals surface area contributed by atoms with Gasteiger partial charge in [-0.15, -0.1) is 11.8 Å². The molecular weight excluding hydrogens is 677 g/mol. The van der Waals surface area contributed by atoms with E-state index in [1.807, 2.05) is 26.0 Å². The van der Waals surface area contributed by atoms with Crippen LogP contribution in [0.1, 0.15) is 90.7 Å². The number of cyclic esters (lactones) is 1. The van der Waals surface area contributed by atoms with Gasteiger partial charge >= 0.3 is 6.09 Å². The number of benzene rings is 2. The molecule has 2 aliphatic rings. The Morgan fingerprint density at radius 3 is 2.36 bits per heavy atom. The van der Waals surface area contributed by atoms with Crippen molar-refractivity contribution in [2.75, 3.05) is 30.8 Å². The average molecular weight is 729 g/mol. The van der Waals surface area contributed by atoms with Gasteiger partial charge in [-0.1, -0.05) is 58.6 Å². The molecule has 0 spiro atoms. The van der Waals surface area contributed by atoms with Crippen molar-refractivity contribution in [1.82, 2.24) is 9.21 Å². The lowest BCUT2D eigenvalue weighted by atomic mass is 10.0. The smallest absolute Gasteiger partial charge is 0.418 e. The minimum Gasteiger partial charge on any atom is -0.433 e. The van der Waals surface area contributed by atoms with Crippen LogP contribution < -0.4 is 5.32 Å². The summed E-state index contributed by atoms with van der Waals surface area (Å²) in [5.41, 5.74) is 1.03. The quantitative estimate of drug-likeness (QED) is 0.122. The van der Waals surface area contributed by atoms with Crippen LogP contribution >= 0.6 is 11.8 Å². The number of rotatable bonds is 18. The summed E-state index contributed by atoms with van der Waals surface area (Å²) in [7, 11) is -4.25. The predicted octanol–water partition coefficient (Wildman–Crippen LogP) is 7.62. The van der Waals surface area contributed by atoms with E-state index in [0.717, 1.165) is 64.6 Å². The molecule has 2 unspecified atom stereocenters. The van der Waals surface area contributed by atoms with Crippen molar-refractivity contribution in [2.45, 2.75) is 115 Å². The number of carbonyl (C=O) groups excluding carboxylic acids is 3. The predicted molar refractivity (Wildman–Crippen MR) is 198 cm³/mol. The summed E-state index contributed by atoms with van der Waals surface area (Å²) in [5.74, 6) is -0.471. The van der Waals surface area contributed by atoms with Crippen molar-refractivity contribution < 1.29 is 32.3 Å². The maximum absolute atomic E-state index is 14.7. The summed E-state index contributed by atoms with van der Waals surface area (Å²) in [4.78, 5) is 48.0. The second kappa shape index (κ2) is 17.2. The zero-order valence-corrected chi connectivity index (χ0v) is 32.0. The molecule has 2 aliphatic heterocycles. The first-order valence-electron chi connectivity index (χ1n) is 17.7. The minimum atomic E-state index is -4.25. The normalized spacial score (nSPS) is 17.6. The number of hydrogen-bond donors (Lipinski definition) is 1. The highest BCUT2D eigenvalue weighted by Crippen LogP contribution is 2.37. The molecule has 3 amide bonds. The van der Waals surface area contributed by atoms with Crippen LogP contribution in [0.3, 0.4) is 0 Å². The Bertz CT molecular complexity index is 1690. The Labute approximate surface area is 301 Å². The van der Waals surface area contributed by atoms with Crippen molar-refractivity contribution >= 4 is 56.9 Å². The van der Waals surface area contributed by atoms with Crippen molar-refractivity contribution in [3.63, 3.8) is 0 Å². The van der Waals surface area contributed by atoms with Crippen molar-refractivity contribution in [3.05, 3.63) is 47.5 Å². The number of aryl methyl sites for hydroxylation is 2. The first-order chi connectivity index (χ1) is 23.8. The van der Waals surface area contributed by atoms with Gasteiger partial charge < -0.3 is 14.8 Å². The van der Waals surface area contributed by atoms with E-state index in [4.69, 9.17) is 9.47 Å². The molecule has 4 rings (SSSR count). The number of nitrogens with one attached hydrogen (secondary N) is 1. The molecular formula is C37H52N4O7S2. The number of amides is 3. The third kappa shape index (κ3) is 8.89. The van der Waals surface area contributed by atoms with Gasteiger partial charge in [0.2, 0.25) is 0 Å². The van der Waals surface area contributed by atoms with Crippen LogP contribution in [0, 0.1) is 19.8 Å². The highest BCUT2D eigenvalue weighted by molar-refractivity contribution is 7.99. The number of sulfonamides is 1. The third-order valence-corrected chi connectivity index (χ3v) is 12.2. The standard InChI is InChI=1S/C37H52N4O7S2/c1-8-11-16-27(10-3)24-49-30-23-26(5)25(4)22-29(30)39-34(42)32(41-35(43)37(6,7)48-36(41)44)33-38-28-17-13-14-18-31(28)50(45,46)40(33)19-15-21-47-20-12-9-2/h13-14,17-18,22-23,27,32H,8-12,15-16,19-21,24H2,1-7H3,(H,39,42). The Morgan fingerprint density at radius 1 is 1.02 bits per heavy atom. The molecule has 1 fully saturated rings. The van der Waals surface area contributed by atoms with Crippen molar-refractivity contribution in [2.24, 2.45) is 10.9 Å². The van der Waals surface area contributed by atoms with Crippen LogP contribution in [-0.2, 0) is 29.1 Å². The van der Waals surface area contributed by atoms with Crippen LogP contribution in [0.25, 0.3) is 0 Å². The van der Waals surface area contributed by atoms with E-state index in [-0.39, 0.29) is 36.0 Å². The molecule has 0 saturated carbocycles. The zero-order chi connectivity index (χ0) is 36.6. The molecule has 2 heterocycles. The molecule has 50 heavy (non-hydrogen) atoms. The van der Waals surface area contributed by atoms with Crippen LogP contribution in [-0.4, -0.2) is 78.5 Å². The molecule has 2 aromatic rings. The van der Waals surface area contributed by atoms with Crippen LogP contribution in [0.5, 0.6) is 0 Å². The molecule has 1 saturated heterocycles. The average Bonchev–Trinajstić information content (AvgIpc) is 3.27. The van der Waals surface area contributed by atoms with E-state index in [2.05, 4.69) is 31.1 Å². The molecule has 0 bridgehead atoms. The fourth-order valence-electron chi connectivity index (χ4n) is 5.85. The van der Waals surface area contributed by atoms with Gasteiger partial charge in [0, 0.05) is 30.4 Å². The molecule has 0 radical (unpaired) electrons. The van der Waals surface area contributed by atoms with E-state index in [1.165, 1.54) is 26.0 Å².